The molecular weight excluding hydrogens is 364 g/mol. The highest BCUT2D eigenvalue weighted by Crippen LogP contribution is 2.41. The van der Waals surface area contributed by atoms with Gasteiger partial charge < -0.3 is 15.2 Å². The summed E-state index contributed by atoms with van der Waals surface area (Å²) in [7, 11) is 0. The molecule has 29 heavy (non-hydrogen) atoms. The SMILES string of the molecule is CC(C)(C)c1cc(C(=Cc2c[nH]c3ncccc23)C(=O)O)cc(C(C)(C)C)c1O. The van der Waals surface area contributed by atoms with E-state index in [0.29, 0.717) is 11.2 Å². The van der Waals surface area contributed by atoms with Gasteiger partial charge in [0, 0.05) is 34.5 Å². The van der Waals surface area contributed by atoms with E-state index in [4.69, 9.17) is 0 Å². The van der Waals surface area contributed by atoms with Crippen molar-refractivity contribution in [2.24, 2.45) is 0 Å². The molecule has 3 aromatic rings. The van der Waals surface area contributed by atoms with Crippen LogP contribution in [0.3, 0.4) is 0 Å². The number of aromatic nitrogens is 2. The molecule has 0 saturated carbocycles. The Hall–Kier alpha value is -3.08. The average molecular weight is 392 g/mol. The van der Waals surface area contributed by atoms with Gasteiger partial charge in [-0.05, 0) is 46.7 Å². The van der Waals surface area contributed by atoms with E-state index >= 15 is 0 Å². The predicted molar refractivity (Wildman–Crippen MR) is 117 cm³/mol. The van der Waals surface area contributed by atoms with Crippen LogP contribution >= 0.6 is 0 Å². The number of aliphatic carboxylic acids is 1. The van der Waals surface area contributed by atoms with Crippen molar-refractivity contribution >= 4 is 28.7 Å². The third kappa shape index (κ3) is 4.04. The van der Waals surface area contributed by atoms with E-state index in [0.717, 1.165) is 22.1 Å². The molecule has 0 unspecified atom stereocenters. The van der Waals surface area contributed by atoms with Gasteiger partial charge in [0.05, 0.1) is 5.57 Å². The van der Waals surface area contributed by atoms with Crippen molar-refractivity contribution in [2.75, 3.05) is 0 Å². The monoisotopic (exact) mass is 392 g/mol. The molecule has 0 radical (unpaired) electrons. The van der Waals surface area contributed by atoms with E-state index in [9.17, 15) is 15.0 Å². The van der Waals surface area contributed by atoms with Gasteiger partial charge >= 0.3 is 5.97 Å². The van der Waals surface area contributed by atoms with E-state index in [1.807, 2.05) is 53.7 Å². The van der Waals surface area contributed by atoms with Crippen LogP contribution in [0.2, 0.25) is 0 Å². The van der Waals surface area contributed by atoms with E-state index < -0.39 is 5.97 Å². The fourth-order valence-electron chi connectivity index (χ4n) is 3.45. The number of aromatic hydroxyl groups is 1. The molecule has 2 aromatic heterocycles. The van der Waals surface area contributed by atoms with Gasteiger partial charge in [-0.3, -0.25) is 0 Å². The topological polar surface area (TPSA) is 86.2 Å². The Morgan fingerprint density at radius 3 is 2.17 bits per heavy atom. The lowest BCUT2D eigenvalue weighted by molar-refractivity contribution is -0.130. The smallest absolute Gasteiger partial charge is 0.336 e. The summed E-state index contributed by atoms with van der Waals surface area (Å²) < 4.78 is 0. The molecule has 0 aliphatic heterocycles. The molecule has 0 aliphatic rings. The summed E-state index contributed by atoms with van der Waals surface area (Å²) in [6, 6.07) is 7.31. The molecule has 0 atom stereocenters. The Bertz CT molecular complexity index is 1070. The number of phenols is 1. The summed E-state index contributed by atoms with van der Waals surface area (Å²) in [5.74, 6) is -0.788. The molecule has 3 rings (SSSR count). The molecular formula is C24H28N2O3. The van der Waals surface area contributed by atoms with Gasteiger partial charge in [0.2, 0.25) is 0 Å². The second-order valence-electron chi connectivity index (χ2n) is 9.43. The van der Waals surface area contributed by atoms with Gasteiger partial charge in [-0.25, -0.2) is 9.78 Å². The number of pyridine rings is 1. The summed E-state index contributed by atoms with van der Waals surface area (Å²) in [6.07, 6.45) is 5.11. The Morgan fingerprint density at radius 1 is 1.07 bits per heavy atom. The maximum atomic E-state index is 12.2. The van der Waals surface area contributed by atoms with Gasteiger partial charge in [0.25, 0.3) is 0 Å². The van der Waals surface area contributed by atoms with Crippen molar-refractivity contribution < 1.29 is 15.0 Å². The Balaban J connectivity index is 2.29. The van der Waals surface area contributed by atoms with E-state index in [1.54, 1.807) is 30.6 Å². The number of hydrogen-bond acceptors (Lipinski definition) is 3. The zero-order valence-corrected chi connectivity index (χ0v) is 17.8. The summed E-state index contributed by atoms with van der Waals surface area (Å²) in [6.45, 7) is 12.0. The number of benzene rings is 1. The van der Waals surface area contributed by atoms with E-state index in [-0.39, 0.29) is 22.2 Å². The summed E-state index contributed by atoms with van der Waals surface area (Å²) in [5.41, 5.74) is 2.99. The van der Waals surface area contributed by atoms with Crippen LogP contribution in [0.25, 0.3) is 22.7 Å². The molecule has 0 bridgehead atoms. The molecule has 152 valence electrons. The maximum Gasteiger partial charge on any atom is 0.336 e. The number of carboxylic acid groups (broad SMARTS) is 1. The molecule has 5 nitrogen and oxygen atoms in total. The zero-order valence-electron chi connectivity index (χ0n) is 17.8. The second kappa shape index (κ2) is 7.07. The van der Waals surface area contributed by atoms with Crippen LogP contribution in [-0.2, 0) is 15.6 Å². The lowest BCUT2D eigenvalue weighted by Gasteiger charge is -2.28. The van der Waals surface area contributed by atoms with Crippen LogP contribution < -0.4 is 0 Å². The molecule has 2 heterocycles. The minimum Gasteiger partial charge on any atom is -0.507 e. The second-order valence-corrected chi connectivity index (χ2v) is 9.43. The number of nitrogens with one attached hydrogen (secondary N) is 1. The molecule has 0 spiro atoms. The van der Waals surface area contributed by atoms with Crippen molar-refractivity contribution in [3.05, 3.63) is 58.9 Å². The lowest BCUT2D eigenvalue weighted by atomic mass is 9.77. The van der Waals surface area contributed by atoms with Crippen LogP contribution in [-0.4, -0.2) is 26.2 Å². The van der Waals surface area contributed by atoms with Gasteiger partial charge in [0.1, 0.15) is 11.4 Å². The predicted octanol–water partition coefficient (Wildman–Crippen LogP) is 5.49. The third-order valence-corrected chi connectivity index (χ3v) is 5.05. The molecule has 1 aromatic carbocycles. The fourth-order valence-corrected chi connectivity index (χ4v) is 3.45. The van der Waals surface area contributed by atoms with Crippen molar-refractivity contribution in [3.8, 4) is 5.75 Å². The van der Waals surface area contributed by atoms with Crippen molar-refractivity contribution in [1.29, 1.82) is 0 Å². The Morgan fingerprint density at radius 2 is 1.66 bits per heavy atom. The number of fused-ring (bicyclic) bond motifs is 1. The molecule has 3 N–H and O–H groups in total. The number of phenolic OH excluding ortho intramolecular Hbond substituents is 1. The molecule has 0 amide bonds. The van der Waals surface area contributed by atoms with Crippen molar-refractivity contribution in [1.82, 2.24) is 9.97 Å². The molecule has 0 aliphatic carbocycles. The highest BCUT2D eigenvalue weighted by molar-refractivity contribution is 6.21. The van der Waals surface area contributed by atoms with Crippen molar-refractivity contribution in [3.63, 3.8) is 0 Å². The third-order valence-electron chi connectivity index (χ3n) is 5.05. The van der Waals surface area contributed by atoms with Gasteiger partial charge in [-0.2, -0.15) is 0 Å². The van der Waals surface area contributed by atoms with Crippen molar-refractivity contribution in [2.45, 2.75) is 52.4 Å². The van der Waals surface area contributed by atoms with Gasteiger partial charge in [-0.1, -0.05) is 41.5 Å². The van der Waals surface area contributed by atoms with Gasteiger partial charge in [0.15, 0.2) is 0 Å². The highest BCUT2D eigenvalue weighted by Gasteiger charge is 2.28. The molecule has 0 fully saturated rings. The average Bonchev–Trinajstić information content (AvgIpc) is 3.01. The first-order valence-corrected chi connectivity index (χ1v) is 9.65. The minimum atomic E-state index is -1.02. The van der Waals surface area contributed by atoms with Crippen LogP contribution in [0, 0.1) is 0 Å². The Labute approximate surface area is 171 Å². The van der Waals surface area contributed by atoms with Crippen LogP contribution in [0.1, 0.15) is 63.8 Å². The zero-order chi connectivity index (χ0) is 21.6. The maximum absolute atomic E-state index is 12.2. The normalized spacial score (nSPS) is 13.1. The largest absolute Gasteiger partial charge is 0.507 e. The highest BCUT2D eigenvalue weighted by atomic mass is 16.4. The van der Waals surface area contributed by atoms with Crippen LogP contribution in [0.15, 0.2) is 36.7 Å². The standard InChI is InChI=1S/C24H28N2O3/c1-23(2,3)18-11-14(12-19(20(18)27)24(4,5)6)17(22(28)29)10-15-13-26-21-16(15)8-7-9-25-21/h7-13,27H,1-6H3,(H,25,26)(H,28,29). The fraction of sp³-hybridized carbons (Fsp3) is 0.333. The quantitative estimate of drug-likeness (QED) is 0.515. The minimum absolute atomic E-state index is 0.172. The van der Waals surface area contributed by atoms with Crippen LogP contribution in [0.5, 0.6) is 5.75 Å². The molecule has 0 saturated heterocycles. The first-order valence-electron chi connectivity index (χ1n) is 9.65. The number of aromatic amines is 1. The Kier molecular flexibility index (Phi) is 5.03. The first kappa shape index (κ1) is 20.6. The number of carboxylic acids is 1. The lowest BCUT2D eigenvalue weighted by Crippen LogP contribution is -2.18. The molecule has 5 heteroatoms. The van der Waals surface area contributed by atoms with E-state index in [1.165, 1.54) is 0 Å². The van der Waals surface area contributed by atoms with Crippen LogP contribution in [0.4, 0.5) is 0 Å². The summed E-state index contributed by atoms with van der Waals surface area (Å²) in [4.78, 5) is 19.6. The van der Waals surface area contributed by atoms with Gasteiger partial charge in [-0.15, -0.1) is 0 Å². The number of nitrogens with zero attached hydrogens (tertiary/aromatic N) is 1. The summed E-state index contributed by atoms with van der Waals surface area (Å²) in [5, 5.41) is 21.8. The summed E-state index contributed by atoms with van der Waals surface area (Å²) >= 11 is 0. The van der Waals surface area contributed by atoms with E-state index in [2.05, 4.69) is 9.97 Å². The number of H-pyrrole nitrogens is 1. The number of hydrogen-bond donors (Lipinski definition) is 3. The first-order chi connectivity index (χ1) is 13.4. The number of carbonyl (C=O) groups is 1. The number of rotatable bonds is 3.